The Kier molecular flexibility index (Phi) is 4.52. The zero-order valence-electron chi connectivity index (χ0n) is 15.8. The number of fused-ring (bicyclic) bond motifs is 1. The average molecular weight is 415 g/mol. The van der Waals surface area contributed by atoms with E-state index in [-0.39, 0.29) is 18.2 Å². The van der Waals surface area contributed by atoms with Crippen LogP contribution < -0.4 is 10.6 Å². The van der Waals surface area contributed by atoms with Crippen LogP contribution in [0.15, 0.2) is 82.1 Å². The van der Waals surface area contributed by atoms with Crippen LogP contribution in [0.2, 0.25) is 0 Å². The van der Waals surface area contributed by atoms with Gasteiger partial charge in [0.1, 0.15) is 5.52 Å². The number of nitrogens with two attached hydrogens (primary N) is 1. The number of anilines is 2. The number of rotatable bonds is 4. The highest BCUT2D eigenvalue weighted by Crippen LogP contribution is 2.35. The third kappa shape index (κ3) is 3.33. The zero-order valence-corrected chi connectivity index (χ0v) is 16.6. The maximum absolute atomic E-state index is 12.9. The molecule has 1 aliphatic rings. The number of benzene rings is 3. The zero-order chi connectivity index (χ0) is 20.7. The molecule has 148 valence electrons. The Bertz CT molecular complexity index is 1230. The van der Waals surface area contributed by atoms with Crippen molar-refractivity contribution in [2.75, 3.05) is 10.6 Å². The van der Waals surface area contributed by atoms with Crippen molar-refractivity contribution in [1.82, 2.24) is 4.98 Å². The maximum atomic E-state index is 12.9. The molecule has 0 aliphatic carbocycles. The molecular weight excluding hydrogens is 398 g/mol. The highest BCUT2D eigenvalue weighted by Gasteiger charge is 2.40. The summed E-state index contributed by atoms with van der Waals surface area (Å²) >= 11 is 1.36. The van der Waals surface area contributed by atoms with Crippen molar-refractivity contribution in [2.45, 2.75) is 16.6 Å². The summed E-state index contributed by atoms with van der Waals surface area (Å²) in [5, 5.41) is -0.462. The smallest absolute Gasteiger partial charge is 0.247 e. The van der Waals surface area contributed by atoms with Crippen LogP contribution in [0.3, 0.4) is 0 Å². The fraction of sp³-hybridized carbons (Fsp3) is 0.0870. The number of thioether (sulfide) groups is 1. The molecule has 1 aromatic heterocycles. The SMILES string of the molecule is Nc1cccc(SC2CC(=O)N(c3ccc(-c4nc5ccccc5o4)cc3)C2=O)c1. The maximum Gasteiger partial charge on any atom is 0.247 e. The van der Waals surface area contributed by atoms with Gasteiger partial charge in [-0.15, -0.1) is 11.8 Å². The lowest BCUT2D eigenvalue weighted by Crippen LogP contribution is -2.31. The molecule has 6 nitrogen and oxygen atoms in total. The van der Waals surface area contributed by atoms with Gasteiger partial charge in [0.15, 0.2) is 5.58 Å². The Morgan fingerprint density at radius 3 is 2.57 bits per heavy atom. The Hall–Kier alpha value is -3.58. The highest BCUT2D eigenvalue weighted by molar-refractivity contribution is 8.00. The van der Waals surface area contributed by atoms with Crippen LogP contribution in [0.1, 0.15) is 6.42 Å². The molecule has 2 amide bonds. The van der Waals surface area contributed by atoms with Crippen molar-refractivity contribution >= 4 is 46.1 Å². The monoisotopic (exact) mass is 415 g/mol. The van der Waals surface area contributed by atoms with E-state index in [0.29, 0.717) is 22.8 Å². The molecule has 0 saturated carbocycles. The second-order valence-corrected chi connectivity index (χ2v) is 8.26. The summed E-state index contributed by atoms with van der Waals surface area (Å²) in [5.74, 6) is 0.0648. The summed E-state index contributed by atoms with van der Waals surface area (Å²) in [6.07, 6.45) is 0.158. The molecule has 7 heteroatoms. The normalized spacial score (nSPS) is 16.5. The van der Waals surface area contributed by atoms with Gasteiger partial charge in [0.25, 0.3) is 0 Å². The second kappa shape index (κ2) is 7.35. The summed E-state index contributed by atoms with van der Waals surface area (Å²) in [7, 11) is 0. The number of para-hydroxylation sites is 2. The second-order valence-electron chi connectivity index (χ2n) is 6.98. The first-order valence-electron chi connectivity index (χ1n) is 9.43. The van der Waals surface area contributed by atoms with Crippen molar-refractivity contribution in [3.63, 3.8) is 0 Å². The van der Waals surface area contributed by atoms with E-state index in [0.717, 1.165) is 16.0 Å². The molecule has 30 heavy (non-hydrogen) atoms. The molecule has 4 aromatic rings. The summed E-state index contributed by atoms with van der Waals surface area (Å²) in [6, 6.07) is 22.0. The molecule has 5 rings (SSSR count). The third-order valence-corrected chi connectivity index (χ3v) is 6.09. The Labute approximate surface area is 176 Å². The van der Waals surface area contributed by atoms with Crippen LogP contribution >= 0.6 is 11.8 Å². The predicted molar refractivity (Wildman–Crippen MR) is 117 cm³/mol. The van der Waals surface area contributed by atoms with Gasteiger partial charge in [-0.3, -0.25) is 9.59 Å². The molecule has 2 N–H and O–H groups in total. The lowest BCUT2D eigenvalue weighted by Gasteiger charge is -2.15. The number of aromatic nitrogens is 1. The lowest BCUT2D eigenvalue weighted by molar-refractivity contribution is -0.121. The van der Waals surface area contributed by atoms with Gasteiger partial charge in [0, 0.05) is 22.6 Å². The molecule has 1 saturated heterocycles. The number of oxazole rings is 1. The first-order chi connectivity index (χ1) is 14.6. The number of imide groups is 1. The highest BCUT2D eigenvalue weighted by atomic mass is 32.2. The van der Waals surface area contributed by atoms with Gasteiger partial charge in [-0.2, -0.15) is 0 Å². The van der Waals surface area contributed by atoms with Crippen LogP contribution in [0.4, 0.5) is 11.4 Å². The van der Waals surface area contributed by atoms with E-state index in [1.54, 1.807) is 36.4 Å². The van der Waals surface area contributed by atoms with Crippen LogP contribution in [0.5, 0.6) is 0 Å². The van der Waals surface area contributed by atoms with E-state index >= 15 is 0 Å². The molecule has 1 aliphatic heterocycles. The van der Waals surface area contributed by atoms with E-state index in [4.69, 9.17) is 10.2 Å². The topological polar surface area (TPSA) is 89.4 Å². The number of amides is 2. The van der Waals surface area contributed by atoms with Crippen LogP contribution in [0.25, 0.3) is 22.6 Å². The quantitative estimate of drug-likeness (QED) is 0.390. The molecule has 0 spiro atoms. The van der Waals surface area contributed by atoms with Crippen molar-refractivity contribution in [3.05, 3.63) is 72.8 Å². The van der Waals surface area contributed by atoms with Gasteiger partial charge in [-0.1, -0.05) is 18.2 Å². The van der Waals surface area contributed by atoms with Crippen molar-refractivity contribution in [1.29, 1.82) is 0 Å². The van der Waals surface area contributed by atoms with E-state index in [2.05, 4.69) is 4.98 Å². The van der Waals surface area contributed by atoms with Gasteiger partial charge >= 0.3 is 0 Å². The molecule has 1 unspecified atom stereocenters. The van der Waals surface area contributed by atoms with Gasteiger partial charge in [-0.25, -0.2) is 9.88 Å². The number of hydrogen-bond acceptors (Lipinski definition) is 6. The van der Waals surface area contributed by atoms with Crippen LogP contribution in [-0.4, -0.2) is 22.0 Å². The largest absolute Gasteiger partial charge is 0.436 e. The van der Waals surface area contributed by atoms with Crippen molar-refractivity contribution < 1.29 is 14.0 Å². The number of hydrogen-bond donors (Lipinski definition) is 1. The van der Waals surface area contributed by atoms with Crippen LogP contribution in [-0.2, 0) is 9.59 Å². The lowest BCUT2D eigenvalue weighted by atomic mass is 10.2. The summed E-state index contributed by atoms with van der Waals surface area (Å²) in [6.45, 7) is 0. The molecule has 1 atom stereocenters. The molecule has 1 fully saturated rings. The van der Waals surface area contributed by atoms with Gasteiger partial charge in [0.05, 0.1) is 10.9 Å². The van der Waals surface area contributed by atoms with Gasteiger partial charge in [0.2, 0.25) is 17.7 Å². The fourth-order valence-corrected chi connectivity index (χ4v) is 4.59. The molecule has 0 radical (unpaired) electrons. The first-order valence-corrected chi connectivity index (χ1v) is 10.3. The molecular formula is C23H17N3O3S. The van der Waals surface area contributed by atoms with Crippen molar-refractivity contribution in [3.8, 4) is 11.5 Å². The third-order valence-electron chi connectivity index (χ3n) is 4.91. The Morgan fingerprint density at radius 2 is 1.80 bits per heavy atom. The molecule has 3 aromatic carbocycles. The minimum absolute atomic E-state index is 0.158. The van der Waals surface area contributed by atoms with Crippen LogP contribution in [0, 0.1) is 0 Å². The first kappa shape index (κ1) is 18.4. The molecule has 2 heterocycles. The summed E-state index contributed by atoms with van der Waals surface area (Å²) < 4.78 is 5.78. The summed E-state index contributed by atoms with van der Waals surface area (Å²) in [4.78, 5) is 32.1. The summed E-state index contributed by atoms with van der Waals surface area (Å²) in [5.41, 5.74) is 9.25. The fourth-order valence-electron chi connectivity index (χ4n) is 3.47. The number of carbonyl (C=O) groups is 2. The number of nitrogen functional groups attached to an aromatic ring is 1. The number of nitrogens with zero attached hydrogens (tertiary/aromatic N) is 2. The predicted octanol–water partition coefficient (Wildman–Crippen LogP) is 4.50. The van der Waals surface area contributed by atoms with E-state index < -0.39 is 5.25 Å². The van der Waals surface area contributed by atoms with E-state index in [1.807, 2.05) is 36.4 Å². The molecule has 0 bridgehead atoms. The number of carbonyl (C=O) groups excluding carboxylic acids is 2. The van der Waals surface area contributed by atoms with Crippen molar-refractivity contribution in [2.24, 2.45) is 0 Å². The van der Waals surface area contributed by atoms with Gasteiger partial charge < -0.3 is 10.2 Å². The van der Waals surface area contributed by atoms with E-state index in [9.17, 15) is 9.59 Å². The van der Waals surface area contributed by atoms with Gasteiger partial charge in [-0.05, 0) is 54.6 Å². The average Bonchev–Trinajstić information content (AvgIpc) is 3.29. The standard InChI is InChI=1S/C23H17N3O3S/c24-15-4-3-5-17(12-15)30-20-13-21(27)26(23(20)28)16-10-8-14(9-11-16)22-25-18-6-1-2-7-19(18)29-22/h1-12,20H,13,24H2. The Morgan fingerprint density at radius 1 is 1.00 bits per heavy atom. The minimum Gasteiger partial charge on any atom is -0.436 e. The minimum atomic E-state index is -0.462. The van der Waals surface area contributed by atoms with E-state index in [1.165, 1.54) is 16.7 Å². The Balaban J connectivity index is 1.37.